The van der Waals surface area contributed by atoms with Crippen LogP contribution in [-0.2, 0) is 29.4 Å². The number of nitrogens with one attached hydrogen (secondary N) is 5. The van der Waals surface area contributed by atoms with Crippen LogP contribution in [0, 0.1) is 0 Å². The second-order valence-corrected chi connectivity index (χ2v) is 2.00. The Labute approximate surface area is 96.8 Å². The third kappa shape index (κ3) is 108. The smallest absolute Gasteiger partial charge is 0.679 e. The predicted octanol–water partition coefficient (Wildman–Crippen LogP) is 2.23. The number of rotatable bonds is 3. The summed E-state index contributed by atoms with van der Waals surface area (Å²) in [4.78, 5) is 0. The molecule has 0 spiro atoms. The third-order valence-corrected chi connectivity index (χ3v) is 0.625. The van der Waals surface area contributed by atoms with Crippen molar-refractivity contribution in [2.75, 3.05) is 38.5 Å². The fraction of sp³-hybridized carbons (Fsp3) is 1.00. The van der Waals surface area contributed by atoms with Crippen molar-refractivity contribution in [1.29, 1.82) is 0 Å². The van der Waals surface area contributed by atoms with Gasteiger partial charge in [0, 0.05) is 0 Å². The second kappa shape index (κ2) is 38.8. The van der Waals surface area contributed by atoms with Crippen molar-refractivity contribution in [3.8, 4) is 0 Å². The zero-order chi connectivity index (χ0) is 10.2. The third-order valence-electron chi connectivity index (χ3n) is 0.375. The summed E-state index contributed by atoms with van der Waals surface area (Å²) < 4.78 is 0. The van der Waals surface area contributed by atoms with Crippen molar-refractivity contribution >= 4 is 12.6 Å². The molecular formula is C6H19CoN5S-. The summed E-state index contributed by atoms with van der Waals surface area (Å²) in [6.45, 7) is 1.43. The topological polar surface area (TPSA) is 119 Å². The van der Waals surface area contributed by atoms with Gasteiger partial charge in [-0.2, -0.15) is 26.2 Å². The van der Waals surface area contributed by atoms with E-state index in [1.54, 1.807) is 0 Å². The van der Waals surface area contributed by atoms with Crippen molar-refractivity contribution in [2.45, 2.75) is 0 Å². The van der Waals surface area contributed by atoms with Gasteiger partial charge in [0.05, 0.1) is 5.75 Å². The zero-order valence-corrected chi connectivity index (χ0v) is 9.62. The quantitative estimate of drug-likeness (QED) is 0.684. The van der Waals surface area contributed by atoms with Gasteiger partial charge in [-0.3, -0.25) is 0 Å². The molecular weight excluding hydrogens is 233 g/mol. The maximum Gasteiger partial charge on any atom is 3.00 e. The van der Waals surface area contributed by atoms with Gasteiger partial charge in [0.15, 0.2) is 0 Å². The Balaban J connectivity index is -0.0000000450. The molecule has 0 aromatic carbocycles. The number of hydrogen-bond acceptors (Lipinski definition) is 0. The van der Waals surface area contributed by atoms with Gasteiger partial charge in [0.1, 0.15) is 0 Å². The minimum Gasteiger partial charge on any atom is -0.679 e. The first kappa shape index (κ1) is 23.5. The number of hydrogen-bond donors (Lipinski definition) is 0. The van der Waals surface area contributed by atoms with E-state index in [0.717, 1.165) is 5.75 Å². The van der Waals surface area contributed by atoms with Gasteiger partial charge >= 0.3 is 16.8 Å². The van der Waals surface area contributed by atoms with E-state index in [-0.39, 0.29) is 43.0 Å². The maximum atomic E-state index is 6.40. The molecule has 0 aromatic heterocycles. The first-order valence-electron chi connectivity index (χ1n) is 3.62. The van der Waals surface area contributed by atoms with Crippen LogP contribution >= 0.6 is 0 Å². The van der Waals surface area contributed by atoms with Gasteiger partial charge in [-0.25, -0.2) is 0 Å². The van der Waals surface area contributed by atoms with Crippen LogP contribution in [0.5, 0.6) is 0 Å². The Kier molecular flexibility index (Phi) is 70.0. The van der Waals surface area contributed by atoms with Gasteiger partial charge in [0.2, 0.25) is 0 Å². The first-order chi connectivity index (χ1) is 5.74. The van der Waals surface area contributed by atoms with Crippen LogP contribution in [0.2, 0.25) is 0 Å². The first-order valence-corrected chi connectivity index (χ1v) is 4.33. The van der Waals surface area contributed by atoms with Gasteiger partial charge in [-0.1, -0.05) is 0 Å². The predicted molar refractivity (Wildman–Crippen MR) is 61.0 cm³/mol. The van der Waals surface area contributed by atoms with Crippen LogP contribution in [0.15, 0.2) is 0 Å². The molecule has 0 saturated carbocycles. The summed E-state index contributed by atoms with van der Waals surface area (Å²) in [5, 5.41) is 0. The normalized spacial score (nSPS) is 6.92. The van der Waals surface area contributed by atoms with Crippen LogP contribution in [0.4, 0.5) is 0 Å². The van der Waals surface area contributed by atoms with E-state index in [1.165, 1.54) is 0 Å². The summed E-state index contributed by atoms with van der Waals surface area (Å²) in [6.07, 6.45) is 0. The molecule has 0 radical (unpaired) electrons. The molecule has 0 heterocycles. The molecule has 7 heteroatoms. The molecule has 0 aliphatic rings. The van der Waals surface area contributed by atoms with E-state index < -0.39 is 0 Å². The van der Waals surface area contributed by atoms with Crippen LogP contribution in [0.25, 0.3) is 28.7 Å². The molecule has 0 aliphatic heterocycles. The van der Waals surface area contributed by atoms with Gasteiger partial charge < -0.3 is 28.7 Å². The van der Waals surface area contributed by atoms with Crippen molar-refractivity contribution in [3.05, 3.63) is 28.7 Å². The molecule has 0 aliphatic carbocycles. The summed E-state index contributed by atoms with van der Waals surface area (Å²) in [5.74, 6) is 0.792. The fourth-order valence-corrected chi connectivity index (χ4v) is 0. The SMILES string of the molecule is [Co+3].[NH-]CC[NH-].[NH-]CC[NH-].[NH-]CC[SH2+]. The maximum absolute atomic E-state index is 6.40. The van der Waals surface area contributed by atoms with E-state index in [9.17, 15) is 0 Å². The van der Waals surface area contributed by atoms with Gasteiger partial charge in [-0.15, -0.1) is 6.54 Å². The van der Waals surface area contributed by atoms with Crippen LogP contribution in [-0.4, -0.2) is 38.5 Å². The summed E-state index contributed by atoms with van der Waals surface area (Å²) in [7, 11) is 0. The molecule has 0 aromatic rings. The molecule has 0 saturated heterocycles. The van der Waals surface area contributed by atoms with Crippen molar-refractivity contribution < 1.29 is 16.8 Å². The Morgan fingerprint density at radius 3 is 0.769 bits per heavy atom. The fourth-order valence-electron chi connectivity index (χ4n) is 0. The Morgan fingerprint density at radius 2 is 0.769 bits per heavy atom. The Bertz CT molecular complexity index is 36.5. The van der Waals surface area contributed by atoms with Crippen molar-refractivity contribution in [3.63, 3.8) is 0 Å². The molecule has 0 amide bonds. The average Bonchev–Trinajstić information content (AvgIpc) is 2.18. The standard InChI is InChI=1S/2C2H6N2.C2H6NS.Co/c3*3-1-2-4;/h3*3-4H,1-2H2;/q2*-2;-1;+3/p+1. The average molecular weight is 252 g/mol. The minimum atomic E-state index is 0. The Morgan fingerprint density at radius 1 is 0.615 bits per heavy atom. The van der Waals surface area contributed by atoms with Crippen molar-refractivity contribution in [2.24, 2.45) is 0 Å². The van der Waals surface area contributed by atoms with Crippen LogP contribution in [0.1, 0.15) is 0 Å². The van der Waals surface area contributed by atoms with E-state index in [0.29, 0.717) is 6.54 Å². The minimum absolute atomic E-state index is 0. The summed E-state index contributed by atoms with van der Waals surface area (Å²) in [6, 6.07) is 0. The molecule has 0 fully saturated rings. The van der Waals surface area contributed by atoms with E-state index in [1.807, 2.05) is 0 Å². The molecule has 0 rings (SSSR count). The van der Waals surface area contributed by atoms with Crippen LogP contribution in [0.3, 0.4) is 0 Å². The summed E-state index contributed by atoms with van der Waals surface area (Å²) in [5.41, 5.74) is 31.5. The van der Waals surface area contributed by atoms with Crippen LogP contribution < -0.4 is 0 Å². The zero-order valence-electron chi connectivity index (χ0n) is 7.58. The molecule has 0 bridgehead atoms. The molecule has 5 N–H and O–H groups in total. The van der Waals surface area contributed by atoms with Gasteiger partial charge in [-0.05, 0) is 12.6 Å². The second-order valence-electron chi connectivity index (χ2n) is 1.50. The molecule has 0 unspecified atom stereocenters. The monoisotopic (exact) mass is 252 g/mol. The Hall–Kier alpha value is 0.656. The van der Waals surface area contributed by atoms with Gasteiger partial charge in [0.25, 0.3) is 0 Å². The molecule has 0 atom stereocenters. The molecule has 5 nitrogen and oxygen atoms in total. The largest absolute Gasteiger partial charge is 3.00 e. The van der Waals surface area contributed by atoms with E-state index in [2.05, 4.69) is 12.6 Å². The molecule has 13 heavy (non-hydrogen) atoms. The molecule has 84 valence electrons. The van der Waals surface area contributed by atoms with E-state index in [4.69, 9.17) is 28.7 Å². The van der Waals surface area contributed by atoms with Crippen molar-refractivity contribution in [1.82, 2.24) is 0 Å². The summed E-state index contributed by atoms with van der Waals surface area (Å²) >= 11 is 3.10. The van der Waals surface area contributed by atoms with E-state index >= 15 is 0 Å².